The third kappa shape index (κ3) is 8.98. The smallest absolute Gasteiger partial charge is 0.416 e. The van der Waals surface area contributed by atoms with Gasteiger partial charge in [0.25, 0.3) is 5.91 Å². The number of carbonyl (C=O) groups excluding carboxylic acids is 2. The van der Waals surface area contributed by atoms with Crippen LogP contribution < -0.4 is 10.1 Å². The number of hydrogen-bond donors (Lipinski definition) is 1. The van der Waals surface area contributed by atoms with Gasteiger partial charge in [-0.15, -0.1) is 0 Å². The van der Waals surface area contributed by atoms with Crippen LogP contribution in [0.5, 0.6) is 11.6 Å². The molecule has 2 aromatic heterocycles. The molecule has 0 atom stereocenters. The van der Waals surface area contributed by atoms with Crippen LogP contribution in [0.15, 0.2) is 94.6 Å². The molecular formula is C34H23F8N3O6S. The standard InChI is InChI=1S/C19H11F5N2O2.C15H12F3NO4S/c20-12-6-7-16(15(21)10-12)26-17(27)14-5-2-8-25-18(14)28-13-4-1-3-11(9-13)19(22,23)24;1-24(21,22)12-6-9(15(16,17)18)4-5-10(12)13(20)11-7-19-23-14(11)8-2-3-8/h1-10H,(H,26,27);4-8H,2-3H2,1H3. The predicted molar refractivity (Wildman–Crippen MR) is 167 cm³/mol. The molecule has 3 aromatic carbocycles. The Hall–Kier alpha value is -5.65. The molecule has 0 bridgehead atoms. The molecule has 5 aromatic rings. The molecule has 1 aliphatic rings. The molecule has 6 rings (SSSR count). The Morgan fingerprint density at radius 1 is 0.846 bits per heavy atom. The molecule has 1 N–H and O–H groups in total. The number of rotatable bonds is 8. The van der Waals surface area contributed by atoms with E-state index in [9.17, 15) is 53.1 Å². The van der Waals surface area contributed by atoms with E-state index in [1.54, 1.807) is 0 Å². The molecule has 9 nitrogen and oxygen atoms in total. The first kappa shape index (κ1) is 37.6. The number of pyridine rings is 1. The Morgan fingerprint density at radius 2 is 1.54 bits per heavy atom. The zero-order valence-corrected chi connectivity index (χ0v) is 27.2. The van der Waals surface area contributed by atoms with E-state index in [0.29, 0.717) is 24.0 Å². The summed E-state index contributed by atoms with van der Waals surface area (Å²) < 4.78 is 138. The van der Waals surface area contributed by atoms with E-state index in [0.717, 1.165) is 55.5 Å². The van der Waals surface area contributed by atoms with E-state index in [4.69, 9.17) is 9.26 Å². The number of benzene rings is 3. The summed E-state index contributed by atoms with van der Waals surface area (Å²) in [4.78, 5) is 28.2. The molecule has 18 heteroatoms. The first-order chi connectivity index (χ1) is 24.3. The predicted octanol–water partition coefficient (Wildman–Crippen LogP) is 8.63. The van der Waals surface area contributed by atoms with Crippen molar-refractivity contribution in [3.05, 3.63) is 130 Å². The maximum absolute atomic E-state index is 13.7. The second-order valence-electron chi connectivity index (χ2n) is 11.3. The number of hydrogen-bond acceptors (Lipinski definition) is 8. The number of amides is 1. The van der Waals surface area contributed by atoms with E-state index in [-0.39, 0.29) is 39.9 Å². The van der Waals surface area contributed by atoms with Crippen LogP contribution in [0, 0.1) is 11.6 Å². The lowest BCUT2D eigenvalue weighted by Gasteiger charge is -2.12. The molecule has 1 saturated carbocycles. The number of aromatic nitrogens is 2. The van der Waals surface area contributed by atoms with Gasteiger partial charge in [0.05, 0.1) is 33.5 Å². The Morgan fingerprint density at radius 3 is 2.17 bits per heavy atom. The second kappa shape index (κ2) is 14.5. The van der Waals surface area contributed by atoms with Gasteiger partial charge in [-0.2, -0.15) is 26.3 Å². The van der Waals surface area contributed by atoms with Crippen LogP contribution in [0.4, 0.5) is 40.8 Å². The zero-order valence-electron chi connectivity index (χ0n) is 26.4. The van der Waals surface area contributed by atoms with Crippen molar-refractivity contribution in [3.8, 4) is 11.6 Å². The highest BCUT2D eigenvalue weighted by atomic mass is 32.2. The topological polar surface area (TPSA) is 128 Å². The monoisotopic (exact) mass is 753 g/mol. The van der Waals surface area contributed by atoms with Gasteiger partial charge in [0, 0.05) is 30.0 Å². The third-order valence-electron chi connectivity index (χ3n) is 7.32. The highest BCUT2D eigenvalue weighted by Gasteiger charge is 2.36. The molecule has 1 fully saturated rings. The lowest BCUT2D eigenvalue weighted by atomic mass is 10.0. The van der Waals surface area contributed by atoms with Crippen LogP contribution >= 0.6 is 0 Å². The molecule has 1 amide bonds. The maximum Gasteiger partial charge on any atom is 0.416 e. The van der Waals surface area contributed by atoms with Crippen LogP contribution in [0.1, 0.15) is 61.9 Å². The average molecular weight is 754 g/mol. The van der Waals surface area contributed by atoms with E-state index < -0.39 is 61.5 Å². The highest BCUT2D eigenvalue weighted by Crippen LogP contribution is 2.42. The quantitative estimate of drug-likeness (QED) is 0.123. The number of ether oxygens (including phenoxy) is 1. The Balaban J connectivity index is 0.000000203. The number of sulfone groups is 1. The van der Waals surface area contributed by atoms with Crippen molar-refractivity contribution in [2.75, 3.05) is 11.6 Å². The summed E-state index contributed by atoms with van der Waals surface area (Å²) in [6.07, 6.45) is -4.43. The molecule has 0 saturated heterocycles. The number of nitrogens with one attached hydrogen (secondary N) is 1. The van der Waals surface area contributed by atoms with Crippen LogP contribution in [-0.4, -0.2) is 36.5 Å². The van der Waals surface area contributed by atoms with Crippen molar-refractivity contribution < 1.29 is 62.4 Å². The molecule has 0 unspecified atom stereocenters. The van der Waals surface area contributed by atoms with E-state index in [1.165, 1.54) is 30.6 Å². The number of halogens is 8. The van der Waals surface area contributed by atoms with Gasteiger partial charge in [-0.1, -0.05) is 11.2 Å². The zero-order chi connectivity index (χ0) is 38.0. The first-order valence-corrected chi connectivity index (χ1v) is 16.7. The first-order valence-electron chi connectivity index (χ1n) is 14.8. The number of anilines is 1. The van der Waals surface area contributed by atoms with Gasteiger partial charge in [-0.25, -0.2) is 22.2 Å². The van der Waals surface area contributed by atoms with Crippen molar-refractivity contribution in [1.82, 2.24) is 10.1 Å². The summed E-state index contributed by atoms with van der Waals surface area (Å²) in [5.41, 5.74) is -2.73. The molecule has 52 heavy (non-hydrogen) atoms. The molecule has 1 aliphatic carbocycles. The summed E-state index contributed by atoms with van der Waals surface area (Å²) in [5.74, 6) is -3.42. The molecule has 0 spiro atoms. The fraction of sp³-hybridized carbons (Fsp3) is 0.176. The fourth-order valence-electron chi connectivity index (χ4n) is 4.67. The normalized spacial score (nSPS) is 13.2. The van der Waals surface area contributed by atoms with Gasteiger partial charge in [-0.05, 0) is 73.5 Å². The minimum Gasteiger partial charge on any atom is -0.438 e. The Bertz CT molecular complexity index is 2250. The average Bonchev–Trinajstić information content (AvgIpc) is 3.80. The largest absolute Gasteiger partial charge is 0.438 e. The number of carbonyl (C=O) groups is 2. The van der Waals surface area contributed by atoms with Crippen molar-refractivity contribution in [3.63, 3.8) is 0 Å². The van der Waals surface area contributed by atoms with Crippen molar-refractivity contribution in [2.24, 2.45) is 0 Å². The van der Waals surface area contributed by atoms with Gasteiger partial charge < -0.3 is 14.6 Å². The molecule has 0 aliphatic heterocycles. The minimum atomic E-state index is -4.71. The Labute approximate surface area is 289 Å². The van der Waals surface area contributed by atoms with Gasteiger partial charge in [0.2, 0.25) is 5.88 Å². The number of nitrogens with zero attached hydrogens (tertiary/aromatic N) is 2. The van der Waals surface area contributed by atoms with Gasteiger partial charge in [0.1, 0.15) is 22.9 Å². The van der Waals surface area contributed by atoms with Gasteiger partial charge in [0.15, 0.2) is 21.4 Å². The van der Waals surface area contributed by atoms with Crippen LogP contribution in [-0.2, 0) is 22.2 Å². The lowest BCUT2D eigenvalue weighted by Crippen LogP contribution is -2.14. The fourth-order valence-corrected chi connectivity index (χ4v) is 5.57. The van der Waals surface area contributed by atoms with Crippen LogP contribution in [0.2, 0.25) is 0 Å². The van der Waals surface area contributed by atoms with Crippen LogP contribution in [0.25, 0.3) is 0 Å². The van der Waals surface area contributed by atoms with E-state index in [1.807, 2.05) is 0 Å². The summed E-state index contributed by atoms with van der Waals surface area (Å²) in [6.45, 7) is 0. The van der Waals surface area contributed by atoms with Crippen molar-refractivity contribution in [1.29, 1.82) is 0 Å². The van der Waals surface area contributed by atoms with Crippen molar-refractivity contribution in [2.45, 2.75) is 36.0 Å². The van der Waals surface area contributed by atoms with Crippen LogP contribution in [0.3, 0.4) is 0 Å². The maximum atomic E-state index is 13.7. The molecule has 272 valence electrons. The third-order valence-corrected chi connectivity index (χ3v) is 8.45. The summed E-state index contributed by atoms with van der Waals surface area (Å²) in [6, 6.07) is 11.4. The van der Waals surface area contributed by atoms with Gasteiger partial charge in [-0.3, -0.25) is 9.59 Å². The number of alkyl halides is 6. The molecule has 2 heterocycles. The van der Waals surface area contributed by atoms with Crippen molar-refractivity contribution >= 4 is 27.2 Å². The lowest BCUT2D eigenvalue weighted by molar-refractivity contribution is -0.138. The molecular weight excluding hydrogens is 730 g/mol. The second-order valence-corrected chi connectivity index (χ2v) is 13.2. The summed E-state index contributed by atoms with van der Waals surface area (Å²) >= 11 is 0. The Kier molecular flexibility index (Phi) is 10.5. The summed E-state index contributed by atoms with van der Waals surface area (Å²) in [7, 11) is -4.04. The van der Waals surface area contributed by atoms with E-state index >= 15 is 0 Å². The number of ketones is 1. The summed E-state index contributed by atoms with van der Waals surface area (Å²) in [5, 5.41) is 5.79. The SMILES string of the molecule is CS(=O)(=O)c1cc(C(F)(F)F)ccc1C(=O)c1cnoc1C1CC1.O=C(Nc1ccc(F)cc1F)c1cccnc1Oc1cccc(C(F)(F)F)c1. The molecule has 0 radical (unpaired) electrons. The van der Waals surface area contributed by atoms with Gasteiger partial charge >= 0.3 is 12.4 Å². The minimum absolute atomic E-state index is 0.0441. The highest BCUT2D eigenvalue weighted by molar-refractivity contribution is 7.90. The van der Waals surface area contributed by atoms with E-state index in [2.05, 4.69) is 15.5 Å².